The van der Waals surface area contributed by atoms with Crippen LogP contribution in [0, 0.1) is 0 Å². The number of carbonyl (C=O) groups is 1. The number of amides is 1. The second-order valence-electron chi connectivity index (χ2n) is 9.01. The van der Waals surface area contributed by atoms with Gasteiger partial charge in [0.15, 0.2) is 9.84 Å². The Hall–Kier alpha value is -2.97. The number of rotatable bonds is 6. The van der Waals surface area contributed by atoms with Crippen LogP contribution in [0.2, 0.25) is 0 Å². The molecule has 0 spiro atoms. The van der Waals surface area contributed by atoms with E-state index in [2.05, 4.69) is 21.4 Å². The summed E-state index contributed by atoms with van der Waals surface area (Å²) in [4.78, 5) is 14.9. The number of nitrogens with one attached hydrogen (secondary N) is 1. The summed E-state index contributed by atoms with van der Waals surface area (Å²) < 4.78 is 25.2. The van der Waals surface area contributed by atoms with Crippen LogP contribution >= 0.6 is 0 Å². The van der Waals surface area contributed by atoms with Crippen molar-refractivity contribution in [1.82, 2.24) is 14.7 Å². The molecule has 0 bridgehead atoms. The van der Waals surface area contributed by atoms with Gasteiger partial charge in [-0.1, -0.05) is 24.3 Å². The van der Waals surface area contributed by atoms with Crippen LogP contribution in [-0.4, -0.2) is 53.6 Å². The minimum absolute atomic E-state index is 0.167. The zero-order valence-electron chi connectivity index (χ0n) is 18.7. The standard InChI is InChI=1S/C25H28N4O3S/c1-28-24(20-5-6-20)16-23(27-28)19-7-9-22(10-8-19)26-25(30)21-4-2-3-18(15-21)17-29-11-13-33(31,32)14-12-29/h2-4,7-10,15-16,20H,5-6,11-14,17H2,1H3,(H,26,30). The third-order valence-electron chi connectivity index (χ3n) is 6.38. The molecule has 1 aliphatic heterocycles. The van der Waals surface area contributed by atoms with Crippen molar-refractivity contribution in [2.24, 2.45) is 7.05 Å². The summed E-state index contributed by atoms with van der Waals surface area (Å²) in [6.07, 6.45) is 2.48. The lowest BCUT2D eigenvalue weighted by molar-refractivity contribution is 0.102. The number of sulfone groups is 1. The van der Waals surface area contributed by atoms with Crippen LogP contribution in [0.15, 0.2) is 54.6 Å². The van der Waals surface area contributed by atoms with Crippen molar-refractivity contribution >= 4 is 21.4 Å². The molecule has 1 saturated carbocycles. The lowest BCUT2D eigenvalue weighted by Gasteiger charge is -2.26. The largest absolute Gasteiger partial charge is 0.322 e. The summed E-state index contributed by atoms with van der Waals surface area (Å²) in [5, 5.41) is 7.60. The first-order chi connectivity index (χ1) is 15.9. The molecule has 33 heavy (non-hydrogen) atoms. The molecule has 2 fully saturated rings. The van der Waals surface area contributed by atoms with E-state index in [1.165, 1.54) is 18.5 Å². The van der Waals surface area contributed by atoms with E-state index in [0.717, 1.165) is 22.5 Å². The number of benzene rings is 2. The van der Waals surface area contributed by atoms with Gasteiger partial charge in [0.25, 0.3) is 5.91 Å². The van der Waals surface area contributed by atoms with Gasteiger partial charge in [-0.15, -0.1) is 0 Å². The molecule has 0 unspecified atom stereocenters. The Labute approximate surface area is 194 Å². The lowest BCUT2D eigenvalue weighted by Crippen LogP contribution is -2.39. The minimum Gasteiger partial charge on any atom is -0.322 e. The Bertz CT molecular complexity index is 1260. The van der Waals surface area contributed by atoms with Gasteiger partial charge in [-0.05, 0) is 48.7 Å². The highest BCUT2D eigenvalue weighted by Gasteiger charge is 2.27. The Morgan fingerprint density at radius 3 is 2.48 bits per heavy atom. The van der Waals surface area contributed by atoms with Gasteiger partial charge in [0.2, 0.25) is 0 Å². The van der Waals surface area contributed by atoms with Crippen molar-refractivity contribution in [1.29, 1.82) is 0 Å². The maximum Gasteiger partial charge on any atom is 0.255 e. The van der Waals surface area contributed by atoms with Crippen molar-refractivity contribution in [2.75, 3.05) is 29.9 Å². The van der Waals surface area contributed by atoms with Gasteiger partial charge >= 0.3 is 0 Å². The monoisotopic (exact) mass is 464 g/mol. The van der Waals surface area contributed by atoms with Crippen molar-refractivity contribution < 1.29 is 13.2 Å². The van der Waals surface area contributed by atoms with Crippen molar-refractivity contribution in [2.45, 2.75) is 25.3 Å². The average Bonchev–Trinajstić information content (AvgIpc) is 3.57. The van der Waals surface area contributed by atoms with Gasteiger partial charge in [0, 0.05) is 55.1 Å². The summed E-state index contributed by atoms with van der Waals surface area (Å²) in [7, 11) is -0.905. The zero-order chi connectivity index (χ0) is 23.0. The van der Waals surface area contributed by atoms with Crippen molar-refractivity contribution in [3.8, 4) is 11.3 Å². The van der Waals surface area contributed by atoms with Crippen LogP contribution < -0.4 is 5.32 Å². The molecule has 5 rings (SSSR count). The highest BCUT2D eigenvalue weighted by Crippen LogP contribution is 2.41. The Kier molecular flexibility index (Phi) is 5.80. The van der Waals surface area contributed by atoms with Crippen molar-refractivity contribution in [3.05, 3.63) is 71.4 Å². The van der Waals surface area contributed by atoms with Crippen LogP contribution in [0.25, 0.3) is 11.3 Å². The van der Waals surface area contributed by atoms with Gasteiger partial charge in [-0.25, -0.2) is 8.42 Å². The quantitative estimate of drug-likeness (QED) is 0.604. The van der Waals surface area contributed by atoms with E-state index in [1.54, 1.807) is 6.07 Å². The maximum absolute atomic E-state index is 12.8. The van der Waals surface area contributed by atoms with Crippen LogP contribution in [0.3, 0.4) is 0 Å². The third kappa shape index (κ3) is 5.17. The smallest absolute Gasteiger partial charge is 0.255 e. The first kappa shape index (κ1) is 21.9. The topological polar surface area (TPSA) is 84.3 Å². The number of nitrogens with zero attached hydrogens (tertiary/aromatic N) is 3. The average molecular weight is 465 g/mol. The van der Waals surface area contributed by atoms with Gasteiger partial charge in [0.1, 0.15) is 0 Å². The Morgan fingerprint density at radius 2 is 1.79 bits per heavy atom. The molecule has 2 aromatic carbocycles. The molecule has 8 heteroatoms. The molecule has 1 amide bonds. The maximum atomic E-state index is 12.8. The second-order valence-corrected chi connectivity index (χ2v) is 11.3. The van der Waals surface area contributed by atoms with Crippen LogP contribution in [0.4, 0.5) is 5.69 Å². The molecular weight excluding hydrogens is 436 g/mol. The predicted octanol–water partition coefficient (Wildman–Crippen LogP) is 3.45. The van der Waals surface area contributed by atoms with Gasteiger partial charge in [-0.3, -0.25) is 14.4 Å². The number of hydrogen-bond donors (Lipinski definition) is 1. The summed E-state index contributed by atoms with van der Waals surface area (Å²) in [6, 6.07) is 17.4. The third-order valence-corrected chi connectivity index (χ3v) is 7.99. The van der Waals surface area contributed by atoms with E-state index in [0.29, 0.717) is 31.1 Å². The minimum atomic E-state index is -2.90. The Balaban J connectivity index is 1.22. The zero-order valence-corrected chi connectivity index (χ0v) is 19.5. The molecule has 0 radical (unpaired) electrons. The number of aromatic nitrogens is 2. The summed E-state index contributed by atoms with van der Waals surface area (Å²) >= 11 is 0. The molecule has 1 saturated heterocycles. The lowest BCUT2D eigenvalue weighted by atomic mass is 10.1. The van der Waals surface area contributed by atoms with Gasteiger partial charge < -0.3 is 5.32 Å². The second kappa shape index (κ2) is 8.76. The molecule has 3 aromatic rings. The number of anilines is 1. The molecule has 7 nitrogen and oxygen atoms in total. The fourth-order valence-electron chi connectivity index (χ4n) is 4.29. The number of hydrogen-bond acceptors (Lipinski definition) is 5. The summed E-state index contributed by atoms with van der Waals surface area (Å²) in [5.41, 5.74) is 5.58. The molecule has 172 valence electrons. The SMILES string of the molecule is Cn1nc(-c2ccc(NC(=O)c3cccc(CN4CCS(=O)(=O)CC4)c3)cc2)cc1C1CC1. The normalized spacial score (nSPS) is 18.2. The van der Waals surface area contributed by atoms with E-state index in [-0.39, 0.29) is 17.4 Å². The first-order valence-corrected chi connectivity index (χ1v) is 13.2. The summed E-state index contributed by atoms with van der Waals surface area (Å²) in [5.74, 6) is 0.876. The Morgan fingerprint density at radius 1 is 1.06 bits per heavy atom. The molecule has 2 heterocycles. The molecule has 1 N–H and O–H groups in total. The molecule has 1 aliphatic carbocycles. The first-order valence-electron chi connectivity index (χ1n) is 11.3. The number of aryl methyl sites for hydroxylation is 1. The van der Waals surface area contributed by atoms with E-state index in [4.69, 9.17) is 0 Å². The highest BCUT2D eigenvalue weighted by molar-refractivity contribution is 7.91. The van der Waals surface area contributed by atoms with Gasteiger partial charge in [0.05, 0.1) is 17.2 Å². The summed E-state index contributed by atoms with van der Waals surface area (Å²) in [6.45, 7) is 1.70. The van der Waals surface area contributed by atoms with Gasteiger partial charge in [-0.2, -0.15) is 5.10 Å². The highest BCUT2D eigenvalue weighted by atomic mass is 32.2. The fourth-order valence-corrected chi connectivity index (χ4v) is 5.57. The molecule has 0 atom stereocenters. The predicted molar refractivity (Wildman–Crippen MR) is 129 cm³/mol. The number of carbonyl (C=O) groups excluding carboxylic acids is 1. The molecule has 2 aliphatic rings. The van der Waals surface area contributed by atoms with E-state index >= 15 is 0 Å². The van der Waals surface area contributed by atoms with Crippen molar-refractivity contribution in [3.63, 3.8) is 0 Å². The van der Waals surface area contributed by atoms with Crippen LogP contribution in [0.5, 0.6) is 0 Å². The van der Waals surface area contributed by atoms with Crippen LogP contribution in [-0.2, 0) is 23.4 Å². The fraction of sp³-hybridized carbons (Fsp3) is 0.360. The molecule has 1 aromatic heterocycles. The van der Waals surface area contributed by atoms with E-state index < -0.39 is 9.84 Å². The van der Waals surface area contributed by atoms with E-state index in [1.807, 2.05) is 54.2 Å². The van der Waals surface area contributed by atoms with E-state index in [9.17, 15) is 13.2 Å². The van der Waals surface area contributed by atoms with Crippen LogP contribution in [0.1, 0.15) is 40.4 Å². The molecular formula is C25H28N4O3S.